The van der Waals surface area contributed by atoms with E-state index in [1.165, 1.54) is 38.9 Å². The Labute approximate surface area is 233 Å². The molecule has 1 saturated heterocycles. The van der Waals surface area contributed by atoms with E-state index in [1.54, 1.807) is 23.1 Å². The van der Waals surface area contributed by atoms with E-state index in [4.69, 9.17) is 0 Å². The van der Waals surface area contributed by atoms with Gasteiger partial charge in [0.05, 0.1) is 17.2 Å². The molecule has 39 heavy (non-hydrogen) atoms. The van der Waals surface area contributed by atoms with Gasteiger partial charge in [0.25, 0.3) is 0 Å². The van der Waals surface area contributed by atoms with Crippen LogP contribution in [0.5, 0.6) is 0 Å². The zero-order valence-corrected chi connectivity index (χ0v) is 24.7. The maximum atomic E-state index is 13.5. The Balaban J connectivity index is 1.99. The third-order valence-electron chi connectivity index (χ3n) is 6.69. The molecule has 1 aliphatic rings. The van der Waals surface area contributed by atoms with E-state index < -0.39 is 37.9 Å². The first-order valence-electron chi connectivity index (χ1n) is 12.2. The molecule has 0 bridgehead atoms. The van der Waals surface area contributed by atoms with Gasteiger partial charge in [-0.15, -0.1) is 12.6 Å². The van der Waals surface area contributed by atoms with Crippen molar-refractivity contribution in [2.24, 2.45) is 5.92 Å². The van der Waals surface area contributed by atoms with Gasteiger partial charge in [-0.25, -0.2) is 16.8 Å². The van der Waals surface area contributed by atoms with E-state index in [0.29, 0.717) is 12.6 Å². The van der Waals surface area contributed by atoms with Crippen LogP contribution in [0.15, 0.2) is 58.3 Å². The van der Waals surface area contributed by atoms with E-state index in [-0.39, 0.29) is 54.0 Å². The lowest BCUT2D eigenvalue weighted by Gasteiger charge is -2.44. The summed E-state index contributed by atoms with van der Waals surface area (Å²) < 4.78 is 94.8. The van der Waals surface area contributed by atoms with Gasteiger partial charge in [0.15, 0.2) is 5.60 Å². The predicted octanol–water partition coefficient (Wildman–Crippen LogP) is 3.54. The fourth-order valence-electron chi connectivity index (χ4n) is 4.48. The van der Waals surface area contributed by atoms with E-state index in [2.05, 4.69) is 12.6 Å². The zero-order valence-electron chi connectivity index (χ0n) is 22.1. The number of anilines is 1. The minimum atomic E-state index is -4.88. The minimum Gasteiger partial charge on any atom is -0.376 e. The summed E-state index contributed by atoms with van der Waals surface area (Å²) in [6.07, 6.45) is -3.80. The van der Waals surface area contributed by atoms with Crippen molar-refractivity contribution in [2.45, 2.75) is 48.4 Å². The number of hydrogen-bond donors (Lipinski definition) is 2. The van der Waals surface area contributed by atoms with E-state index in [0.717, 1.165) is 6.26 Å². The molecular formula is C25H34F3N3O5S3. The lowest BCUT2D eigenvalue weighted by molar-refractivity contribution is -0.258. The maximum absolute atomic E-state index is 13.5. The molecule has 2 atom stereocenters. The molecule has 218 valence electrons. The van der Waals surface area contributed by atoms with Gasteiger partial charge in [0, 0.05) is 43.3 Å². The summed E-state index contributed by atoms with van der Waals surface area (Å²) in [5.74, 6) is -0.00320. The smallest absolute Gasteiger partial charge is 0.376 e. The average molecular weight is 610 g/mol. The Kier molecular flexibility index (Phi) is 9.40. The summed E-state index contributed by atoms with van der Waals surface area (Å²) in [5, 5.41) is 10.0. The highest BCUT2D eigenvalue weighted by molar-refractivity contribution is 7.90. The number of rotatable bonds is 9. The van der Waals surface area contributed by atoms with Crippen molar-refractivity contribution in [1.29, 1.82) is 0 Å². The number of alkyl halides is 3. The first-order valence-corrected chi connectivity index (χ1v) is 16.0. The Morgan fingerprint density at radius 3 is 2.15 bits per heavy atom. The number of thiol groups is 1. The number of sulfonamides is 2. The largest absolute Gasteiger partial charge is 0.421 e. The Morgan fingerprint density at radius 1 is 1.05 bits per heavy atom. The van der Waals surface area contributed by atoms with Gasteiger partial charge in [-0.05, 0) is 42.7 Å². The summed E-state index contributed by atoms with van der Waals surface area (Å²) in [4.78, 5) is 2.10. The fourth-order valence-corrected chi connectivity index (χ4v) is 7.55. The highest BCUT2D eigenvalue weighted by Gasteiger charge is 2.51. The van der Waals surface area contributed by atoms with Crippen molar-refractivity contribution >= 4 is 38.4 Å². The first kappa shape index (κ1) is 31.7. The Hall–Kier alpha value is -1.84. The van der Waals surface area contributed by atoms with Crippen molar-refractivity contribution in [1.82, 2.24) is 8.61 Å². The third-order valence-corrected chi connectivity index (χ3v) is 10.4. The van der Waals surface area contributed by atoms with Gasteiger partial charge < -0.3 is 10.0 Å². The molecule has 3 rings (SSSR count). The summed E-state index contributed by atoms with van der Waals surface area (Å²) in [7, 11) is -7.61. The van der Waals surface area contributed by atoms with Crippen molar-refractivity contribution in [3.63, 3.8) is 0 Å². The molecule has 0 amide bonds. The summed E-state index contributed by atoms with van der Waals surface area (Å²) in [6, 6.07) is 10.8. The number of nitrogens with zero attached hydrogens (tertiary/aromatic N) is 3. The number of benzene rings is 2. The molecule has 2 aromatic carbocycles. The number of hydrogen-bond acceptors (Lipinski definition) is 7. The van der Waals surface area contributed by atoms with Crippen molar-refractivity contribution < 1.29 is 35.1 Å². The topological polar surface area (TPSA) is 98.2 Å². The lowest BCUT2D eigenvalue weighted by Crippen LogP contribution is -2.59. The van der Waals surface area contributed by atoms with Crippen LogP contribution in [0.3, 0.4) is 0 Å². The van der Waals surface area contributed by atoms with Crippen molar-refractivity contribution in [2.75, 3.05) is 43.9 Å². The van der Waals surface area contributed by atoms with Crippen LogP contribution >= 0.6 is 12.6 Å². The molecular weight excluding hydrogens is 575 g/mol. The summed E-state index contributed by atoms with van der Waals surface area (Å²) in [6.45, 7) is 4.74. The quantitative estimate of drug-likeness (QED) is 0.423. The standard InChI is InChI=1S/C25H34F3N3O5S3/c1-18(2)15-30(38(4,33)34)17-21-16-29(39(35,36)23-8-6-5-7-22(23)37)13-14-31(21)20-11-9-19(10-12-20)24(3,32)25(26,27)28/h5-12,18,21,32,37H,13-17H2,1-4H3/t21-,24-/m1/s1. The number of aliphatic hydroxyl groups is 1. The predicted molar refractivity (Wildman–Crippen MR) is 147 cm³/mol. The molecule has 0 unspecified atom stereocenters. The van der Waals surface area contributed by atoms with Crippen LogP contribution in [0, 0.1) is 5.92 Å². The second kappa shape index (κ2) is 11.6. The Bertz CT molecular complexity index is 1370. The molecule has 1 fully saturated rings. The molecule has 2 aromatic rings. The van der Waals surface area contributed by atoms with E-state index in [1.807, 2.05) is 13.8 Å². The second-order valence-corrected chi connectivity index (χ2v) is 14.6. The monoisotopic (exact) mass is 609 g/mol. The molecule has 0 spiro atoms. The van der Waals surface area contributed by atoms with Crippen LogP contribution in [-0.2, 0) is 25.6 Å². The molecule has 1 heterocycles. The van der Waals surface area contributed by atoms with Crippen LogP contribution in [0.1, 0.15) is 26.3 Å². The fraction of sp³-hybridized carbons (Fsp3) is 0.520. The van der Waals surface area contributed by atoms with Gasteiger partial charge in [-0.3, -0.25) is 0 Å². The maximum Gasteiger partial charge on any atom is 0.421 e. The normalized spacial score (nSPS) is 19.5. The van der Waals surface area contributed by atoms with Crippen molar-refractivity contribution in [3.05, 3.63) is 54.1 Å². The van der Waals surface area contributed by atoms with E-state index in [9.17, 15) is 35.1 Å². The van der Waals surface area contributed by atoms with Crippen LogP contribution in [0.25, 0.3) is 0 Å². The molecule has 0 radical (unpaired) electrons. The Morgan fingerprint density at radius 2 is 1.64 bits per heavy atom. The highest BCUT2D eigenvalue weighted by Crippen LogP contribution is 2.39. The summed E-state index contributed by atoms with van der Waals surface area (Å²) in [5.41, 5.74) is -2.92. The molecule has 1 aliphatic heterocycles. The molecule has 8 nitrogen and oxygen atoms in total. The molecule has 1 N–H and O–H groups in total. The summed E-state index contributed by atoms with van der Waals surface area (Å²) >= 11 is 4.29. The van der Waals surface area contributed by atoms with Gasteiger partial charge in [-0.1, -0.05) is 38.1 Å². The van der Waals surface area contributed by atoms with Crippen LogP contribution < -0.4 is 4.90 Å². The molecule has 0 aromatic heterocycles. The molecule has 14 heteroatoms. The van der Waals surface area contributed by atoms with Crippen LogP contribution in [0.4, 0.5) is 18.9 Å². The van der Waals surface area contributed by atoms with Gasteiger partial charge in [0.2, 0.25) is 20.0 Å². The highest BCUT2D eigenvalue weighted by atomic mass is 32.2. The van der Waals surface area contributed by atoms with Crippen molar-refractivity contribution in [3.8, 4) is 0 Å². The van der Waals surface area contributed by atoms with Crippen LogP contribution in [0.2, 0.25) is 0 Å². The molecule has 0 saturated carbocycles. The second-order valence-electron chi connectivity index (χ2n) is 10.3. The van der Waals surface area contributed by atoms with Gasteiger partial charge >= 0.3 is 6.18 Å². The van der Waals surface area contributed by atoms with Gasteiger partial charge in [-0.2, -0.15) is 21.8 Å². The molecule has 0 aliphatic carbocycles. The van der Waals surface area contributed by atoms with Crippen LogP contribution in [-0.4, -0.2) is 81.8 Å². The average Bonchev–Trinajstić information content (AvgIpc) is 2.82. The number of piperazine rings is 1. The zero-order chi connectivity index (χ0) is 29.4. The number of halogens is 3. The third kappa shape index (κ3) is 7.09. The van der Waals surface area contributed by atoms with E-state index >= 15 is 0 Å². The minimum absolute atomic E-state index is 0.00320. The lowest BCUT2D eigenvalue weighted by atomic mass is 9.95. The van der Waals surface area contributed by atoms with Gasteiger partial charge in [0.1, 0.15) is 0 Å². The first-order chi connectivity index (χ1) is 17.9. The SMILES string of the molecule is CC(C)CN(C[C@H]1CN(S(=O)(=O)c2ccccc2S)CCN1c1ccc([C@@](C)(O)C(F)(F)F)cc1)S(C)(=O)=O.